The summed E-state index contributed by atoms with van der Waals surface area (Å²) in [5.41, 5.74) is 0. The highest BCUT2D eigenvalue weighted by atomic mass is 16.2. The summed E-state index contributed by atoms with van der Waals surface area (Å²) in [7, 11) is 1.57. The maximum Gasteiger partial charge on any atom is 0.242 e. The van der Waals surface area contributed by atoms with Crippen LogP contribution in [-0.2, 0) is 9.59 Å². The molecule has 0 aliphatic rings. The summed E-state index contributed by atoms with van der Waals surface area (Å²) in [6, 6.07) is -0.435. The fourth-order valence-corrected chi connectivity index (χ4v) is 1.01. The predicted molar refractivity (Wildman–Crippen MR) is 55.7 cm³/mol. The molecule has 0 fully saturated rings. The lowest BCUT2D eigenvalue weighted by Gasteiger charge is -2.21. The Morgan fingerprint density at radius 2 is 1.50 bits per heavy atom. The van der Waals surface area contributed by atoms with Gasteiger partial charge in [0.15, 0.2) is 0 Å². The third-order valence-corrected chi connectivity index (χ3v) is 2.02. The molecule has 0 saturated heterocycles. The van der Waals surface area contributed by atoms with Gasteiger partial charge in [0, 0.05) is 13.0 Å². The fourth-order valence-electron chi connectivity index (χ4n) is 1.01. The Bertz CT molecular complexity index is 212. The van der Waals surface area contributed by atoms with Gasteiger partial charge < -0.3 is 10.6 Å². The van der Waals surface area contributed by atoms with Crippen LogP contribution in [0.2, 0.25) is 0 Å². The van der Waals surface area contributed by atoms with Crippen molar-refractivity contribution >= 4 is 11.8 Å². The molecule has 0 spiro atoms. The van der Waals surface area contributed by atoms with Crippen molar-refractivity contribution in [3.05, 3.63) is 0 Å². The van der Waals surface area contributed by atoms with E-state index in [0.717, 1.165) is 0 Å². The molecule has 0 aliphatic carbocycles. The van der Waals surface area contributed by atoms with Gasteiger partial charge in [-0.2, -0.15) is 0 Å². The van der Waals surface area contributed by atoms with Crippen molar-refractivity contribution in [2.75, 3.05) is 7.05 Å². The molecule has 14 heavy (non-hydrogen) atoms. The van der Waals surface area contributed by atoms with E-state index < -0.39 is 6.04 Å². The van der Waals surface area contributed by atoms with E-state index >= 15 is 0 Å². The predicted octanol–water partition coefficient (Wildman–Crippen LogP) is 0.529. The first kappa shape index (κ1) is 12.9. The average Bonchev–Trinajstić information content (AvgIpc) is 2.11. The van der Waals surface area contributed by atoms with Crippen molar-refractivity contribution in [1.29, 1.82) is 0 Å². The normalized spacial score (nSPS) is 12.8. The van der Waals surface area contributed by atoms with Gasteiger partial charge in [0.25, 0.3) is 0 Å². The number of hydrogen-bond donors (Lipinski definition) is 2. The minimum Gasteiger partial charge on any atom is -0.357 e. The molecule has 1 atom stereocenters. The minimum absolute atomic E-state index is 0.0905. The lowest BCUT2D eigenvalue weighted by atomic mass is 10.0. The second-order valence-corrected chi connectivity index (χ2v) is 4.00. The third kappa shape index (κ3) is 3.77. The van der Waals surface area contributed by atoms with Crippen LogP contribution in [0.1, 0.15) is 27.7 Å². The van der Waals surface area contributed by atoms with Gasteiger partial charge in [0.05, 0.1) is 0 Å². The summed E-state index contributed by atoms with van der Waals surface area (Å²) in [4.78, 5) is 22.8. The van der Waals surface area contributed by atoms with Gasteiger partial charge in [-0.3, -0.25) is 9.59 Å². The zero-order valence-electron chi connectivity index (χ0n) is 9.55. The molecule has 0 rings (SSSR count). The molecule has 4 heteroatoms. The van der Waals surface area contributed by atoms with Crippen LogP contribution in [-0.4, -0.2) is 24.9 Å². The molecular weight excluding hydrogens is 180 g/mol. The van der Waals surface area contributed by atoms with Crippen molar-refractivity contribution < 1.29 is 9.59 Å². The SMILES string of the molecule is CNC(=O)C(NC(=O)C(C)C)C(C)C. The third-order valence-electron chi connectivity index (χ3n) is 2.02. The number of likely N-dealkylation sites (N-methyl/N-ethyl adjacent to an activating group) is 1. The van der Waals surface area contributed by atoms with Crippen LogP contribution in [0.15, 0.2) is 0 Å². The Morgan fingerprint density at radius 3 is 1.79 bits per heavy atom. The highest BCUT2D eigenvalue weighted by Crippen LogP contribution is 2.03. The molecule has 2 N–H and O–H groups in total. The quantitative estimate of drug-likeness (QED) is 0.695. The Balaban J connectivity index is 4.38. The van der Waals surface area contributed by atoms with Crippen LogP contribution in [0.25, 0.3) is 0 Å². The summed E-state index contributed by atoms with van der Waals surface area (Å²) in [5, 5.41) is 5.25. The summed E-state index contributed by atoms with van der Waals surface area (Å²) < 4.78 is 0. The number of rotatable bonds is 4. The summed E-state index contributed by atoms with van der Waals surface area (Å²) in [6.45, 7) is 7.41. The van der Waals surface area contributed by atoms with Gasteiger partial charge in [-0.05, 0) is 5.92 Å². The van der Waals surface area contributed by atoms with E-state index in [4.69, 9.17) is 0 Å². The summed E-state index contributed by atoms with van der Waals surface area (Å²) >= 11 is 0. The highest BCUT2D eigenvalue weighted by molar-refractivity contribution is 5.88. The topological polar surface area (TPSA) is 58.2 Å². The Labute approximate surface area is 85.4 Å². The van der Waals surface area contributed by atoms with Gasteiger partial charge in [-0.15, -0.1) is 0 Å². The van der Waals surface area contributed by atoms with Gasteiger partial charge >= 0.3 is 0 Å². The molecular formula is C10H20N2O2. The van der Waals surface area contributed by atoms with Gasteiger partial charge in [-0.25, -0.2) is 0 Å². The van der Waals surface area contributed by atoms with Crippen molar-refractivity contribution in [3.63, 3.8) is 0 Å². The van der Waals surface area contributed by atoms with E-state index in [1.165, 1.54) is 0 Å². The maximum atomic E-state index is 11.4. The molecule has 0 saturated carbocycles. The number of carbonyl (C=O) groups excluding carboxylic acids is 2. The summed E-state index contributed by atoms with van der Waals surface area (Å²) in [5.74, 6) is -0.236. The van der Waals surface area contributed by atoms with Gasteiger partial charge in [-0.1, -0.05) is 27.7 Å². The zero-order valence-corrected chi connectivity index (χ0v) is 9.55. The van der Waals surface area contributed by atoms with Crippen LogP contribution < -0.4 is 10.6 Å². The second kappa shape index (κ2) is 5.62. The Morgan fingerprint density at radius 1 is 1.00 bits per heavy atom. The van der Waals surface area contributed by atoms with E-state index in [2.05, 4.69) is 10.6 Å². The molecule has 0 aliphatic heterocycles. The van der Waals surface area contributed by atoms with Gasteiger partial charge in [0.1, 0.15) is 6.04 Å². The van der Waals surface area contributed by atoms with E-state index in [0.29, 0.717) is 0 Å². The Hall–Kier alpha value is -1.06. The van der Waals surface area contributed by atoms with Crippen molar-refractivity contribution in [1.82, 2.24) is 10.6 Å². The molecule has 82 valence electrons. The van der Waals surface area contributed by atoms with Crippen LogP contribution in [0.5, 0.6) is 0 Å². The smallest absolute Gasteiger partial charge is 0.242 e. The molecule has 0 aromatic heterocycles. The average molecular weight is 200 g/mol. The van der Waals surface area contributed by atoms with Crippen LogP contribution >= 0.6 is 0 Å². The van der Waals surface area contributed by atoms with Gasteiger partial charge in [0.2, 0.25) is 11.8 Å². The zero-order chi connectivity index (χ0) is 11.3. The number of hydrogen-bond acceptors (Lipinski definition) is 2. The van der Waals surface area contributed by atoms with Crippen molar-refractivity contribution in [3.8, 4) is 0 Å². The van der Waals surface area contributed by atoms with E-state index in [1.54, 1.807) is 20.9 Å². The molecule has 0 heterocycles. The number of carbonyl (C=O) groups is 2. The molecule has 0 aromatic carbocycles. The standard InChI is InChI=1S/C10H20N2O2/c1-6(2)8(10(14)11-5)12-9(13)7(3)4/h6-8H,1-5H3,(H,11,14)(H,12,13). The van der Waals surface area contributed by atoms with E-state index in [9.17, 15) is 9.59 Å². The largest absolute Gasteiger partial charge is 0.357 e. The Kier molecular flexibility index (Phi) is 5.20. The first-order valence-electron chi connectivity index (χ1n) is 4.92. The second-order valence-electron chi connectivity index (χ2n) is 4.00. The maximum absolute atomic E-state index is 11.4. The molecule has 4 nitrogen and oxygen atoms in total. The monoisotopic (exact) mass is 200 g/mol. The minimum atomic E-state index is -0.435. The van der Waals surface area contributed by atoms with E-state index in [-0.39, 0.29) is 23.7 Å². The fraction of sp³-hybridized carbons (Fsp3) is 0.800. The first-order chi connectivity index (χ1) is 6.40. The molecule has 0 radical (unpaired) electrons. The van der Waals surface area contributed by atoms with Crippen molar-refractivity contribution in [2.24, 2.45) is 11.8 Å². The van der Waals surface area contributed by atoms with Crippen LogP contribution in [0.4, 0.5) is 0 Å². The molecule has 2 amide bonds. The molecule has 0 aromatic rings. The van der Waals surface area contributed by atoms with Crippen LogP contribution in [0.3, 0.4) is 0 Å². The van der Waals surface area contributed by atoms with Crippen molar-refractivity contribution in [2.45, 2.75) is 33.7 Å². The van der Waals surface area contributed by atoms with Crippen LogP contribution in [0, 0.1) is 11.8 Å². The molecule has 1 unspecified atom stereocenters. The highest BCUT2D eigenvalue weighted by Gasteiger charge is 2.23. The molecule has 0 bridgehead atoms. The lowest BCUT2D eigenvalue weighted by Crippen LogP contribution is -2.49. The number of nitrogens with one attached hydrogen (secondary N) is 2. The van der Waals surface area contributed by atoms with E-state index in [1.807, 2.05) is 13.8 Å². The lowest BCUT2D eigenvalue weighted by molar-refractivity contribution is -0.131. The summed E-state index contributed by atoms with van der Waals surface area (Å²) in [6.07, 6.45) is 0. The first-order valence-corrected chi connectivity index (χ1v) is 4.92. The number of amides is 2.